The van der Waals surface area contributed by atoms with E-state index in [0.717, 1.165) is 45.7 Å². The van der Waals surface area contributed by atoms with Crippen LogP contribution in [0.1, 0.15) is 59.4 Å². The maximum Gasteiger partial charge on any atom is 0.171 e. The third kappa shape index (κ3) is 4.72. The maximum absolute atomic E-state index is 15.5. The first kappa shape index (κ1) is 26.3. The SMILES string of the molecule is CCC1CC(c2c(F)c(OC)cc(OC)c2F)Cc2c1ccc1c3c(ccc21)CC(CN1CCOCC1)C=C3. The van der Waals surface area contributed by atoms with Gasteiger partial charge >= 0.3 is 0 Å². The molecule has 4 nitrogen and oxygen atoms in total. The minimum absolute atomic E-state index is 0.0193. The van der Waals surface area contributed by atoms with Crippen molar-refractivity contribution in [1.29, 1.82) is 0 Å². The van der Waals surface area contributed by atoms with Crippen LogP contribution in [0.4, 0.5) is 8.78 Å². The van der Waals surface area contributed by atoms with Gasteiger partial charge in [0.15, 0.2) is 23.1 Å². The fourth-order valence-corrected chi connectivity index (χ4v) is 7.03. The van der Waals surface area contributed by atoms with Crippen molar-refractivity contribution in [3.63, 3.8) is 0 Å². The summed E-state index contributed by atoms with van der Waals surface area (Å²) in [5.74, 6) is -0.785. The smallest absolute Gasteiger partial charge is 0.171 e. The summed E-state index contributed by atoms with van der Waals surface area (Å²) in [6.07, 6.45) is 7.86. The summed E-state index contributed by atoms with van der Waals surface area (Å²) in [6, 6.07) is 10.3. The normalized spacial score (nSPS) is 22.9. The molecule has 206 valence electrons. The topological polar surface area (TPSA) is 30.9 Å². The van der Waals surface area contributed by atoms with Gasteiger partial charge in [0, 0.05) is 31.3 Å². The van der Waals surface area contributed by atoms with Crippen LogP contribution in [-0.2, 0) is 17.6 Å². The van der Waals surface area contributed by atoms with Crippen LogP contribution in [0, 0.1) is 17.6 Å². The van der Waals surface area contributed by atoms with Crippen LogP contribution in [0.2, 0.25) is 0 Å². The Morgan fingerprint density at radius 1 is 0.949 bits per heavy atom. The number of benzene rings is 3. The number of rotatable bonds is 6. The van der Waals surface area contributed by atoms with Crippen LogP contribution < -0.4 is 9.47 Å². The summed E-state index contributed by atoms with van der Waals surface area (Å²) in [5.41, 5.74) is 5.25. The number of hydrogen-bond donors (Lipinski definition) is 0. The Kier molecular flexibility index (Phi) is 7.34. The van der Waals surface area contributed by atoms with Gasteiger partial charge in [0.05, 0.1) is 27.4 Å². The van der Waals surface area contributed by atoms with E-state index in [9.17, 15) is 0 Å². The first-order valence-electron chi connectivity index (χ1n) is 14.2. The molecule has 0 saturated carbocycles. The van der Waals surface area contributed by atoms with E-state index in [4.69, 9.17) is 14.2 Å². The number of fused-ring (bicyclic) bond motifs is 5. The molecule has 6 heteroatoms. The average molecular weight is 534 g/mol. The minimum Gasteiger partial charge on any atom is -0.494 e. The summed E-state index contributed by atoms with van der Waals surface area (Å²) < 4.78 is 47.1. The second kappa shape index (κ2) is 10.9. The van der Waals surface area contributed by atoms with Gasteiger partial charge in [-0.2, -0.15) is 0 Å². The summed E-state index contributed by atoms with van der Waals surface area (Å²) in [4.78, 5) is 2.50. The van der Waals surface area contributed by atoms with Crippen molar-refractivity contribution in [3.8, 4) is 11.5 Å². The molecule has 0 aromatic heterocycles. The second-order valence-corrected chi connectivity index (χ2v) is 11.2. The predicted octanol–water partition coefficient (Wildman–Crippen LogP) is 6.88. The van der Waals surface area contributed by atoms with E-state index in [0.29, 0.717) is 18.8 Å². The average Bonchev–Trinajstić information content (AvgIpc) is 2.97. The number of morpholine rings is 1. The quantitative estimate of drug-likeness (QED) is 0.346. The van der Waals surface area contributed by atoms with Crippen LogP contribution in [-0.4, -0.2) is 52.0 Å². The molecule has 39 heavy (non-hydrogen) atoms. The Bertz CT molecular complexity index is 1380. The number of halogens is 2. The zero-order chi connectivity index (χ0) is 27.1. The van der Waals surface area contributed by atoms with Gasteiger partial charge in [-0.1, -0.05) is 43.3 Å². The molecule has 1 saturated heterocycles. The third-order valence-corrected chi connectivity index (χ3v) is 9.06. The van der Waals surface area contributed by atoms with Crippen LogP contribution in [0.15, 0.2) is 36.4 Å². The lowest BCUT2D eigenvalue weighted by Crippen LogP contribution is -2.39. The first-order chi connectivity index (χ1) is 19.0. The molecule has 2 aliphatic carbocycles. The lowest BCUT2D eigenvalue weighted by Gasteiger charge is -2.34. The molecule has 6 rings (SSSR count). The van der Waals surface area contributed by atoms with E-state index in [1.54, 1.807) is 0 Å². The summed E-state index contributed by atoms with van der Waals surface area (Å²) in [6.45, 7) is 6.85. The van der Waals surface area contributed by atoms with Crippen molar-refractivity contribution in [2.24, 2.45) is 5.92 Å². The summed E-state index contributed by atoms with van der Waals surface area (Å²) in [5, 5.41) is 2.42. The highest BCUT2D eigenvalue weighted by Crippen LogP contribution is 2.48. The Hall–Kier alpha value is -2.96. The highest BCUT2D eigenvalue weighted by Gasteiger charge is 2.34. The molecule has 3 aromatic carbocycles. The third-order valence-electron chi connectivity index (χ3n) is 9.06. The van der Waals surface area contributed by atoms with Crippen LogP contribution in [0.5, 0.6) is 11.5 Å². The highest BCUT2D eigenvalue weighted by molar-refractivity contribution is 5.95. The van der Waals surface area contributed by atoms with E-state index in [2.05, 4.69) is 48.2 Å². The van der Waals surface area contributed by atoms with Gasteiger partial charge in [-0.25, -0.2) is 8.78 Å². The van der Waals surface area contributed by atoms with Crippen molar-refractivity contribution in [2.75, 3.05) is 47.1 Å². The monoisotopic (exact) mass is 533 g/mol. The Morgan fingerprint density at radius 3 is 2.36 bits per heavy atom. The lowest BCUT2D eigenvalue weighted by atomic mass is 9.71. The lowest BCUT2D eigenvalue weighted by molar-refractivity contribution is 0.0334. The van der Waals surface area contributed by atoms with Crippen LogP contribution in [0.25, 0.3) is 16.8 Å². The van der Waals surface area contributed by atoms with Gasteiger partial charge in [-0.3, -0.25) is 4.90 Å². The van der Waals surface area contributed by atoms with E-state index < -0.39 is 11.6 Å². The molecule has 3 unspecified atom stereocenters. The largest absolute Gasteiger partial charge is 0.494 e. The molecule has 1 fully saturated rings. The molecule has 1 heterocycles. The molecular formula is C33H37F2NO3. The molecule has 0 amide bonds. The Labute approximate surface area is 229 Å². The first-order valence-corrected chi connectivity index (χ1v) is 14.2. The fourth-order valence-electron chi connectivity index (χ4n) is 7.03. The predicted molar refractivity (Wildman–Crippen MR) is 151 cm³/mol. The maximum atomic E-state index is 15.5. The van der Waals surface area contributed by atoms with Gasteiger partial charge in [0.1, 0.15) is 0 Å². The van der Waals surface area contributed by atoms with Crippen molar-refractivity contribution in [3.05, 3.63) is 75.9 Å². The molecule has 0 spiro atoms. The van der Waals surface area contributed by atoms with Crippen molar-refractivity contribution in [2.45, 2.75) is 44.4 Å². The van der Waals surface area contributed by atoms with Gasteiger partial charge in [-0.05, 0) is 76.5 Å². The van der Waals surface area contributed by atoms with E-state index in [1.807, 2.05) is 0 Å². The fraction of sp³-hybridized carbons (Fsp3) is 0.455. The van der Waals surface area contributed by atoms with Gasteiger partial charge in [-0.15, -0.1) is 0 Å². The Morgan fingerprint density at radius 2 is 1.67 bits per heavy atom. The number of ether oxygens (including phenoxy) is 3. The van der Waals surface area contributed by atoms with Crippen LogP contribution >= 0.6 is 0 Å². The van der Waals surface area contributed by atoms with Gasteiger partial charge < -0.3 is 14.2 Å². The van der Waals surface area contributed by atoms with Gasteiger partial charge in [0.25, 0.3) is 0 Å². The van der Waals surface area contributed by atoms with Crippen LogP contribution in [0.3, 0.4) is 0 Å². The van der Waals surface area contributed by atoms with Crippen molar-refractivity contribution in [1.82, 2.24) is 4.90 Å². The molecule has 0 bridgehead atoms. The molecule has 1 aliphatic heterocycles. The minimum atomic E-state index is -0.619. The zero-order valence-corrected chi connectivity index (χ0v) is 23.1. The zero-order valence-electron chi connectivity index (χ0n) is 23.1. The molecule has 3 atom stereocenters. The number of methoxy groups -OCH3 is 2. The van der Waals surface area contributed by atoms with Gasteiger partial charge in [0.2, 0.25) is 0 Å². The molecule has 0 N–H and O–H groups in total. The molecule has 0 radical (unpaired) electrons. The molecular weight excluding hydrogens is 496 g/mol. The molecule has 3 aliphatic rings. The van der Waals surface area contributed by atoms with Crippen molar-refractivity contribution < 1.29 is 23.0 Å². The van der Waals surface area contributed by atoms with E-state index >= 15 is 8.78 Å². The summed E-state index contributed by atoms with van der Waals surface area (Å²) >= 11 is 0. The Balaban J connectivity index is 1.37. The second-order valence-electron chi connectivity index (χ2n) is 11.2. The highest BCUT2D eigenvalue weighted by atomic mass is 19.1. The summed E-state index contributed by atoms with van der Waals surface area (Å²) in [7, 11) is 2.81. The standard InChI is InChI=1S/C33H37F2NO3/c1-4-21-16-23(31-32(34)29(37-2)18-30(38-3)33(31)35)17-28-24(21)9-10-26-25-7-5-20(15-22(25)6-8-27(26)28)19-36-11-13-39-14-12-36/h5-10,18,20-21,23H,4,11-17,19H2,1-3H3. The number of hydrogen-bond acceptors (Lipinski definition) is 4. The van der Waals surface area contributed by atoms with Crippen molar-refractivity contribution >= 4 is 16.8 Å². The van der Waals surface area contributed by atoms with E-state index in [1.165, 1.54) is 53.3 Å². The number of nitrogens with zero attached hydrogens (tertiary/aromatic N) is 1. The molecule has 3 aromatic rings. The van der Waals surface area contributed by atoms with E-state index in [-0.39, 0.29) is 28.9 Å².